The van der Waals surface area contributed by atoms with Crippen molar-refractivity contribution in [1.29, 1.82) is 0 Å². The van der Waals surface area contributed by atoms with E-state index in [9.17, 15) is 4.79 Å². The zero-order valence-corrected chi connectivity index (χ0v) is 16.3. The molecule has 2 aliphatic heterocycles. The van der Waals surface area contributed by atoms with E-state index in [0.29, 0.717) is 18.6 Å². The number of rotatable bonds is 6. The number of fused-ring (bicyclic) bond motifs is 2. The van der Waals surface area contributed by atoms with Crippen LogP contribution in [0.3, 0.4) is 0 Å². The lowest BCUT2D eigenvalue weighted by Crippen LogP contribution is -2.51. The van der Waals surface area contributed by atoms with Gasteiger partial charge in [0.15, 0.2) is 0 Å². The van der Waals surface area contributed by atoms with Crippen LogP contribution in [0.15, 0.2) is 30.5 Å². The molecule has 1 amide bonds. The van der Waals surface area contributed by atoms with Crippen molar-refractivity contribution in [1.82, 2.24) is 14.8 Å². The number of carbonyl (C=O) groups is 1. The molecule has 0 unspecified atom stereocenters. The summed E-state index contributed by atoms with van der Waals surface area (Å²) in [4.78, 5) is 15.6. The summed E-state index contributed by atoms with van der Waals surface area (Å²) in [6.07, 6.45) is 8.42. The Bertz CT molecular complexity index is 783. The lowest BCUT2D eigenvalue weighted by Gasteiger charge is -2.44. The normalized spacial score (nSPS) is 23.3. The van der Waals surface area contributed by atoms with Crippen molar-refractivity contribution in [3.63, 3.8) is 0 Å². The molecule has 0 saturated carbocycles. The number of benzene rings is 1. The van der Waals surface area contributed by atoms with Crippen molar-refractivity contribution in [2.75, 3.05) is 33.4 Å². The number of methoxy groups -OCH3 is 1. The third-order valence-corrected chi connectivity index (χ3v) is 6.32. The molecule has 0 bridgehead atoms. The monoisotopic (exact) mass is 369 g/mol. The maximum Gasteiger partial charge on any atom is 0.253 e. The fourth-order valence-electron chi connectivity index (χ4n) is 4.94. The van der Waals surface area contributed by atoms with Gasteiger partial charge in [0.1, 0.15) is 0 Å². The van der Waals surface area contributed by atoms with Gasteiger partial charge in [-0.2, -0.15) is 0 Å². The first-order chi connectivity index (χ1) is 13.3. The molecule has 27 heavy (non-hydrogen) atoms. The molecule has 0 radical (unpaired) electrons. The molecule has 5 heteroatoms. The second-order valence-corrected chi connectivity index (χ2v) is 7.96. The first kappa shape index (κ1) is 18.5. The Kier molecular flexibility index (Phi) is 5.79. The first-order valence-electron chi connectivity index (χ1n) is 10.4. The van der Waals surface area contributed by atoms with Gasteiger partial charge in [0, 0.05) is 43.3 Å². The number of carbonyl (C=O) groups excluding carboxylic acids is 1. The van der Waals surface area contributed by atoms with E-state index in [4.69, 9.17) is 4.74 Å². The Balaban J connectivity index is 1.46. The van der Waals surface area contributed by atoms with Gasteiger partial charge in [-0.1, -0.05) is 24.6 Å². The highest BCUT2D eigenvalue weighted by molar-refractivity contribution is 6.07. The zero-order chi connectivity index (χ0) is 18.6. The van der Waals surface area contributed by atoms with E-state index in [1.807, 2.05) is 24.4 Å². The van der Waals surface area contributed by atoms with E-state index in [-0.39, 0.29) is 5.91 Å². The van der Waals surface area contributed by atoms with E-state index in [1.54, 1.807) is 7.11 Å². The van der Waals surface area contributed by atoms with Crippen LogP contribution in [0.2, 0.25) is 0 Å². The molecule has 3 heterocycles. The van der Waals surface area contributed by atoms with Gasteiger partial charge < -0.3 is 19.5 Å². The summed E-state index contributed by atoms with van der Waals surface area (Å²) in [5, 5.41) is 4.28. The summed E-state index contributed by atoms with van der Waals surface area (Å²) in [6.45, 7) is 4.66. The third kappa shape index (κ3) is 3.90. The number of ether oxygens (including phenoxy) is 1. The van der Waals surface area contributed by atoms with Crippen molar-refractivity contribution in [3.05, 3.63) is 36.0 Å². The van der Waals surface area contributed by atoms with Gasteiger partial charge in [0.05, 0.1) is 12.2 Å². The van der Waals surface area contributed by atoms with Crippen LogP contribution in [-0.2, 0) is 11.3 Å². The number of piperidine rings is 2. The molecule has 0 aliphatic carbocycles. The summed E-state index contributed by atoms with van der Waals surface area (Å²) in [5.41, 5.74) is 1.87. The molecule has 1 N–H and O–H groups in total. The molecule has 2 aromatic rings. The second kappa shape index (κ2) is 8.44. The standard InChI is InChI=1S/C22H31N3O2/c1-27-14-13-25-16-19(18-8-2-3-10-21(18)25)22(26)23-15-17-7-6-12-24-11-5-4-9-20(17)24/h2-3,8,10,16-17,20H,4-7,9,11-15H2,1H3,(H,23,26)/t17-,20+/m0/s1. The van der Waals surface area contributed by atoms with Crippen LogP contribution < -0.4 is 5.32 Å². The Morgan fingerprint density at radius 1 is 1.19 bits per heavy atom. The smallest absolute Gasteiger partial charge is 0.253 e. The topological polar surface area (TPSA) is 46.5 Å². The molecule has 2 fully saturated rings. The highest BCUT2D eigenvalue weighted by Crippen LogP contribution is 2.30. The highest BCUT2D eigenvalue weighted by atomic mass is 16.5. The average molecular weight is 370 g/mol. The Hall–Kier alpha value is -1.85. The van der Waals surface area contributed by atoms with Crippen molar-refractivity contribution >= 4 is 16.8 Å². The van der Waals surface area contributed by atoms with E-state index >= 15 is 0 Å². The number of hydrogen-bond acceptors (Lipinski definition) is 3. The van der Waals surface area contributed by atoms with Crippen molar-refractivity contribution in [2.24, 2.45) is 5.92 Å². The van der Waals surface area contributed by atoms with Crippen molar-refractivity contribution in [3.8, 4) is 0 Å². The molecule has 5 nitrogen and oxygen atoms in total. The van der Waals surface area contributed by atoms with Crippen LogP contribution in [-0.4, -0.2) is 54.8 Å². The summed E-state index contributed by atoms with van der Waals surface area (Å²) in [6, 6.07) is 8.80. The van der Waals surface area contributed by atoms with Crippen LogP contribution >= 0.6 is 0 Å². The zero-order valence-electron chi connectivity index (χ0n) is 16.3. The number of nitrogens with zero attached hydrogens (tertiary/aromatic N) is 2. The lowest BCUT2D eigenvalue weighted by molar-refractivity contribution is 0.0576. The lowest BCUT2D eigenvalue weighted by atomic mass is 9.83. The van der Waals surface area contributed by atoms with Crippen LogP contribution in [0.4, 0.5) is 0 Å². The predicted octanol–water partition coefficient (Wildman–Crippen LogP) is 3.28. The molecule has 2 saturated heterocycles. The Morgan fingerprint density at radius 3 is 2.93 bits per heavy atom. The molecule has 2 aliphatic rings. The van der Waals surface area contributed by atoms with Crippen molar-refractivity contribution < 1.29 is 9.53 Å². The molecule has 0 spiro atoms. The molecule has 1 aromatic carbocycles. The molecule has 1 aromatic heterocycles. The van der Waals surface area contributed by atoms with E-state index in [2.05, 4.69) is 20.9 Å². The Morgan fingerprint density at radius 2 is 2.04 bits per heavy atom. The van der Waals surface area contributed by atoms with Gasteiger partial charge in [-0.05, 0) is 50.8 Å². The van der Waals surface area contributed by atoms with Crippen LogP contribution in [0.1, 0.15) is 42.5 Å². The quantitative estimate of drug-likeness (QED) is 0.850. The maximum absolute atomic E-state index is 13.0. The van der Waals surface area contributed by atoms with Gasteiger partial charge in [-0.25, -0.2) is 0 Å². The molecular formula is C22H31N3O2. The number of nitrogens with one attached hydrogen (secondary N) is 1. The van der Waals surface area contributed by atoms with E-state index in [1.165, 1.54) is 45.2 Å². The maximum atomic E-state index is 13.0. The van der Waals surface area contributed by atoms with Crippen LogP contribution in [0.25, 0.3) is 10.9 Å². The van der Waals surface area contributed by atoms with Crippen molar-refractivity contribution in [2.45, 2.75) is 44.7 Å². The second-order valence-electron chi connectivity index (χ2n) is 7.96. The molecule has 4 rings (SSSR count). The minimum absolute atomic E-state index is 0.0512. The number of amides is 1. The van der Waals surface area contributed by atoms with Gasteiger partial charge >= 0.3 is 0 Å². The summed E-state index contributed by atoms with van der Waals surface area (Å²) in [5.74, 6) is 0.639. The van der Waals surface area contributed by atoms with Gasteiger partial charge in [0.25, 0.3) is 5.91 Å². The minimum atomic E-state index is 0.0512. The minimum Gasteiger partial charge on any atom is -0.383 e. The summed E-state index contributed by atoms with van der Waals surface area (Å²) in [7, 11) is 1.71. The summed E-state index contributed by atoms with van der Waals surface area (Å²) < 4.78 is 7.34. The number of aromatic nitrogens is 1. The van der Waals surface area contributed by atoms with Gasteiger partial charge in [-0.15, -0.1) is 0 Å². The largest absolute Gasteiger partial charge is 0.383 e. The Labute approximate surface area is 161 Å². The first-order valence-corrected chi connectivity index (χ1v) is 10.4. The third-order valence-electron chi connectivity index (χ3n) is 6.32. The fraction of sp³-hybridized carbons (Fsp3) is 0.591. The molecule has 146 valence electrons. The summed E-state index contributed by atoms with van der Waals surface area (Å²) >= 11 is 0. The highest BCUT2D eigenvalue weighted by Gasteiger charge is 2.33. The SMILES string of the molecule is COCCn1cc(C(=O)NC[C@@H]2CCCN3CCCC[C@H]23)c2ccccc21. The molecule has 2 atom stereocenters. The van der Waals surface area contributed by atoms with Crippen LogP contribution in [0, 0.1) is 5.92 Å². The van der Waals surface area contributed by atoms with Gasteiger partial charge in [-0.3, -0.25) is 4.79 Å². The van der Waals surface area contributed by atoms with Crippen LogP contribution in [0.5, 0.6) is 0 Å². The van der Waals surface area contributed by atoms with Gasteiger partial charge in [0.2, 0.25) is 0 Å². The number of para-hydroxylation sites is 1. The fourth-order valence-corrected chi connectivity index (χ4v) is 4.94. The average Bonchev–Trinajstić information content (AvgIpc) is 3.09. The predicted molar refractivity (Wildman–Crippen MR) is 108 cm³/mol. The number of hydrogen-bond donors (Lipinski definition) is 1. The van der Waals surface area contributed by atoms with E-state index in [0.717, 1.165) is 29.6 Å². The molecular weight excluding hydrogens is 338 g/mol. The van der Waals surface area contributed by atoms with E-state index < -0.39 is 0 Å².